The molecule has 0 radical (unpaired) electrons. The van der Waals surface area contributed by atoms with Crippen LogP contribution in [0, 0.1) is 17.8 Å². The Labute approximate surface area is 156 Å². The van der Waals surface area contributed by atoms with Gasteiger partial charge in [0.15, 0.2) is 5.75 Å². The van der Waals surface area contributed by atoms with Crippen molar-refractivity contribution in [1.82, 2.24) is 4.57 Å². The number of nitrogens with zero attached hydrogens (tertiary/aromatic N) is 1. The van der Waals surface area contributed by atoms with Crippen LogP contribution in [0.3, 0.4) is 0 Å². The number of pyridine rings is 1. The molecule has 3 aromatic rings. The van der Waals surface area contributed by atoms with Crippen LogP contribution in [-0.2, 0) is 13.2 Å². The predicted molar refractivity (Wildman–Crippen MR) is 103 cm³/mol. The Balaban J connectivity index is 1.82. The van der Waals surface area contributed by atoms with E-state index >= 15 is 0 Å². The van der Waals surface area contributed by atoms with Gasteiger partial charge in [-0.15, -0.1) is 0 Å². The third-order valence-corrected chi connectivity index (χ3v) is 5.29. The maximum atomic E-state index is 12.7. The Morgan fingerprint density at radius 1 is 1.12 bits per heavy atom. The van der Waals surface area contributed by atoms with Gasteiger partial charge in [-0.1, -0.05) is 47.7 Å². The molecule has 1 saturated carbocycles. The highest BCUT2D eigenvalue weighted by Crippen LogP contribution is 2.37. The lowest BCUT2D eigenvalue weighted by Gasteiger charge is -2.22. The van der Waals surface area contributed by atoms with Crippen molar-refractivity contribution in [2.45, 2.75) is 26.0 Å². The van der Waals surface area contributed by atoms with E-state index in [2.05, 4.69) is 11.8 Å². The largest absolute Gasteiger partial charge is 0.485 e. The Morgan fingerprint density at radius 3 is 2.73 bits per heavy atom. The normalized spacial score (nSPS) is 15.3. The van der Waals surface area contributed by atoms with E-state index in [1.807, 2.05) is 30.3 Å². The molecular weight excluding hydrogens is 346 g/mol. The van der Waals surface area contributed by atoms with Crippen molar-refractivity contribution in [3.63, 3.8) is 0 Å². The topological polar surface area (TPSA) is 31.2 Å². The first-order valence-corrected chi connectivity index (χ1v) is 9.15. The second kappa shape index (κ2) is 5.93. The Morgan fingerprint density at radius 2 is 1.92 bits per heavy atom. The monoisotopic (exact) mass is 361 g/mol. The van der Waals surface area contributed by atoms with Gasteiger partial charge in [0.25, 0.3) is 5.56 Å². The summed E-state index contributed by atoms with van der Waals surface area (Å²) in [6.07, 6.45) is 2.31. The molecule has 1 aliphatic carbocycles. The van der Waals surface area contributed by atoms with Crippen LogP contribution in [0.1, 0.15) is 29.5 Å². The van der Waals surface area contributed by atoms with Crippen LogP contribution in [0.5, 0.6) is 5.75 Å². The van der Waals surface area contributed by atoms with Gasteiger partial charge in [0, 0.05) is 17.4 Å². The molecule has 2 heterocycles. The van der Waals surface area contributed by atoms with E-state index in [1.165, 1.54) is 0 Å². The number of hydrogen-bond acceptors (Lipinski definition) is 2. The standard InChI is InChI=1S/C22H16ClNO2/c23-19-11-15(8-7-14-5-6-14)22-21-18(19)9-10-20(25)24(21)12-16-3-1-2-4-17(16)13-26-22/h1-4,9-11,14H,5-6,12-13H2. The highest BCUT2D eigenvalue weighted by atomic mass is 35.5. The van der Waals surface area contributed by atoms with Gasteiger partial charge < -0.3 is 9.30 Å². The molecule has 0 atom stereocenters. The first-order chi connectivity index (χ1) is 12.7. The van der Waals surface area contributed by atoms with Crippen molar-refractivity contribution in [1.29, 1.82) is 0 Å². The fraction of sp³-hybridized carbons (Fsp3) is 0.227. The second-order valence-corrected chi connectivity index (χ2v) is 7.26. The van der Waals surface area contributed by atoms with Crippen LogP contribution in [0.25, 0.3) is 10.9 Å². The fourth-order valence-electron chi connectivity index (χ4n) is 3.39. The summed E-state index contributed by atoms with van der Waals surface area (Å²) in [4.78, 5) is 12.7. The van der Waals surface area contributed by atoms with Crippen LogP contribution < -0.4 is 10.3 Å². The van der Waals surface area contributed by atoms with E-state index in [-0.39, 0.29) is 5.56 Å². The quantitative estimate of drug-likeness (QED) is 0.557. The zero-order valence-electron chi connectivity index (χ0n) is 14.1. The van der Waals surface area contributed by atoms with Crippen molar-refractivity contribution < 1.29 is 4.74 Å². The van der Waals surface area contributed by atoms with E-state index < -0.39 is 0 Å². The number of fused-ring (bicyclic) bond motifs is 1. The molecule has 26 heavy (non-hydrogen) atoms. The maximum absolute atomic E-state index is 12.7. The zero-order valence-corrected chi connectivity index (χ0v) is 14.8. The molecule has 1 aromatic heterocycles. The number of hydrogen-bond donors (Lipinski definition) is 0. The van der Waals surface area contributed by atoms with Gasteiger partial charge in [-0.2, -0.15) is 0 Å². The SMILES string of the molecule is O=c1ccc2c(Cl)cc(C#CC3CC3)c3c2n1Cc1ccccc1CO3. The Bertz CT molecular complexity index is 1160. The van der Waals surface area contributed by atoms with Crippen molar-refractivity contribution in [3.8, 4) is 17.6 Å². The summed E-state index contributed by atoms with van der Waals surface area (Å²) in [6.45, 7) is 0.951. The number of halogens is 1. The first kappa shape index (κ1) is 15.5. The highest BCUT2D eigenvalue weighted by Gasteiger charge is 2.21. The summed E-state index contributed by atoms with van der Waals surface area (Å²) < 4.78 is 7.95. The third-order valence-electron chi connectivity index (χ3n) is 4.98. The molecule has 0 saturated heterocycles. The van der Waals surface area contributed by atoms with E-state index in [1.54, 1.807) is 16.7 Å². The zero-order chi connectivity index (χ0) is 17.7. The minimum absolute atomic E-state index is 0.0672. The third kappa shape index (κ3) is 2.58. The molecule has 1 aliphatic heterocycles. The number of aromatic nitrogens is 1. The first-order valence-electron chi connectivity index (χ1n) is 8.78. The van der Waals surface area contributed by atoms with Crippen molar-refractivity contribution in [3.05, 3.63) is 74.5 Å². The lowest BCUT2D eigenvalue weighted by atomic mass is 10.0. The Hall–Kier alpha value is -2.70. The second-order valence-electron chi connectivity index (χ2n) is 6.86. The fourth-order valence-corrected chi connectivity index (χ4v) is 3.65. The number of ether oxygens (including phenoxy) is 1. The van der Waals surface area contributed by atoms with Gasteiger partial charge in [0.05, 0.1) is 22.6 Å². The molecule has 3 nitrogen and oxygen atoms in total. The summed E-state index contributed by atoms with van der Waals surface area (Å²) in [5.74, 6) is 7.65. The molecule has 1 fully saturated rings. The van der Waals surface area contributed by atoms with Gasteiger partial charge in [-0.05, 0) is 36.1 Å². The number of rotatable bonds is 0. The summed E-state index contributed by atoms with van der Waals surface area (Å²) in [7, 11) is 0. The molecule has 0 spiro atoms. The van der Waals surface area contributed by atoms with Gasteiger partial charge in [-0.25, -0.2) is 0 Å². The molecule has 128 valence electrons. The average molecular weight is 362 g/mol. The minimum Gasteiger partial charge on any atom is -0.485 e. The summed E-state index contributed by atoms with van der Waals surface area (Å²) >= 11 is 6.53. The lowest BCUT2D eigenvalue weighted by molar-refractivity contribution is 0.303. The molecule has 0 unspecified atom stereocenters. The highest BCUT2D eigenvalue weighted by molar-refractivity contribution is 6.35. The molecule has 5 rings (SSSR count). The smallest absolute Gasteiger partial charge is 0.251 e. The van der Waals surface area contributed by atoms with Crippen molar-refractivity contribution in [2.24, 2.45) is 5.92 Å². The molecular formula is C22H16ClNO2. The molecule has 2 aliphatic rings. The molecule has 0 N–H and O–H groups in total. The van der Waals surface area contributed by atoms with Gasteiger partial charge in [0.1, 0.15) is 6.61 Å². The van der Waals surface area contributed by atoms with E-state index in [0.717, 1.165) is 40.4 Å². The predicted octanol–water partition coefficient (Wildman–Crippen LogP) is 4.36. The van der Waals surface area contributed by atoms with E-state index in [9.17, 15) is 4.79 Å². The number of benzene rings is 2. The van der Waals surface area contributed by atoms with E-state index in [0.29, 0.717) is 29.8 Å². The summed E-state index contributed by atoms with van der Waals surface area (Å²) in [5, 5.41) is 1.41. The lowest BCUT2D eigenvalue weighted by Crippen LogP contribution is -2.23. The van der Waals surface area contributed by atoms with Crippen molar-refractivity contribution >= 4 is 22.5 Å². The van der Waals surface area contributed by atoms with Gasteiger partial charge in [0.2, 0.25) is 0 Å². The molecule has 4 heteroatoms. The van der Waals surface area contributed by atoms with Crippen LogP contribution in [-0.4, -0.2) is 4.57 Å². The maximum Gasteiger partial charge on any atom is 0.251 e. The minimum atomic E-state index is -0.0672. The van der Waals surface area contributed by atoms with Crippen LogP contribution in [0.4, 0.5) is 0 Å². The average Bonchev–Trinajstić information content (AvgIpc) is 3.45. The van der Waals surface area contributed by atoms with Crippen molar-refractivity contribution in [2.75, 3.05) is 0 Å². The summed E-state index contributed by atoms with van der Waals surface area (Å²) in [5.41, 5.74) is 3.59. The summed E-state index contributed by atoms with van der Waals surface area (Å²) in [6, 6.07) is 13.2. The molecule has 0 bridgehead atoms. The van der Waals surface area contributed by atoms with Crippen LogP contribution in [0.2, 0.25) is 5.02 Å². The Kier molecular flexibility index (Phi) is 3.55. The van der Waals surface area contributed by atoms with Crippen LogP contribution >= 0.6 is 11.6 Å². The molecule has 2 aromatic carbocycles. The van der Waals surface area contributed by atoms with E-state index in [4.69, 9.17) is 16.3 Å². The molecule has 0 amide bonds. The van der Waals surface area contributed by atoms with Crippen LogP contribution in [0.15, 0.2) is 47.3 Å². The van der Waals surface area contributed by atoms with Gasteiger partial charge >= 0.3 is 0 Å². The van der Waals surface area contributed by atoms with Gasteiger partial charge in [-0.3, -0.25) is 4.79 Å².